The molecule has 3 heterocycles. The number of carbonyl (C=O) groups is 1. The average Bonchev–Trinajstić information content (AvgIpc) is 2.76. The summed E-state index contributed by atoms with van der Waals surface area (Å²) in [4.78, 5) is 14.7. The van der Waals surface area contributed by atoms with Crippen LogP contribution >= 0.6 is 11.8 Å². The van der Waals surface area contributed by atoms with Crippen LogP contribution in [0.5, 0.6) is 0 Å². The summed E-state index contributed by atoms with van der Waals surface area (Å²) in [6, 6.07) is 0.319. The number of nitrogens with zero attached hydrogens (tertiary/aromatic N) is 3. The van der Waals surface area contributed by atoms with E-state index < -0.39 is 0 Å². The van der Waals surface area contributed by atoms with Crippen LogP contribution in [0.15, 0.2) is 6.20 Å². The summed E-state index contributed by atoms with van der Waals surface area (Å²) in [6.45, 7) is 4.26. The van der Waals surface area contributed by atoms with E-state index in [1.165, 1.54) is 0 Å². The summed E-state index contributed by atoms with van der Waals surface area (Å²) in [6.07, 6.45) is 2.77. The van der Waals surface area contributed by atoms with Gasteiger partial charge in [0, 0.05) is 43.4 Å². The van der Waals surface area contributed by atoms with Crippen LogP contribution in [0.1, 0.15) is 22.5 Å². The monoisotopic (exact) mass is 281 g/mol. The fourth-order valence-electron chi connectivity index (χ4n) is 2.90. The van der Waals surface area contributed by atoms with Crippen molar-refractivity contribution in [3.05, 3.63) is 17.5 Å². The first-order valence-corrected chi connectivity index (χ1v) is 7.72. The normalized spacial score (nSPS) is 27.2. The molecule has 0 saturated carbocycles. The van der Waals surface area contributed by atoms with Gasteiger partial charge in [-0.2, -0.15) is 16.9 Å². The first kappa shape index (κ1) is 13.0. The number of aromatic nitrogens is 2. The summed E-state index contributed by atoms with van der Waals surface area (Å²) in [5, 5.41) is 4.70. The standard InChI is InChI=1S/C13H19N3O2S/c1-9-10(7-15(2)14-9)13(17)16-4-6-19-12-8-18-5-3-11(12)16/h7,11-12H,3-6,8H2,1-2H3/t11-,12+/m1/s1. The number of aryl methyl sites for hydroxylation is 2. The molecule has 19 heavy (non-hydrogen) atoms. The van der Waals surface area contributed by atoms with Crippen LogP contribution < -0.4 is 0 Å². The largest absolute Gasteiger partial charge is 0.380 e. The third-order valence-electron chi connectivity index (χ3n) is 3.84. The number of carbonyl (C=O) groups excluding carboxylic acids is 1. The number of ether oxygens (including phenoxy) is 1. The number of rotatable bonds is 1. The molecule has 0 N–H and O–H groups in total. The molecule has 0 radical (unpaired) electrons. The van der Waals surface area contributed by atoms with Crippen LogP contribution in [-0.4, -0.2) is 57.4 Å². The van der Waals surface area contributed by atoms with Gasteiger partial charge in [0.2, 0.25) is 0 Å². The molecule has 0 spiro atoms. The zero-order valence-electron chi connectivity index (χ0n) is 11.3. The van der Waals surface area contributed by atoms with E-state index in [1.54, 1.807) is 4.68 Å². The number of fused-ring (bicyclic) bond motifs is 1. The second kappa shape index (κ2) is 5.17. The summed E-state index contributed by atoms with van der Waals surface area (Å²) >= 11 is 1.93. The number of hydrogen-bond donors (Lipinski definition) is 0. The van der Waals surface area contributed by atoms with Crippen LogP contribution in [0.25, 0.3) is 0 Å². The Morgan fingerprint density at radius 2 is 2.42 bits per heavy atom. The molecule has 2 fully saturated rings. The minimum Gasteiger partial charge on any atom is -0.380 e. The second-order valence-corrected chi connectivity index (χ2v) is 6.49. The van der Waals surface area contributed by atoms with Gasteiger partial charge in [0.25, 0.3) is 5.91 Å². The molecule has 104 valence electrons. The maximum atomic E-state index is 12.7. The third kappa shape index (κ3) is 2.39. The van der Waals surface area contributed by atoms with Crippen molar-refractivity contribution in [3.63, 3.8) is 0 Å². The summed E-state index contributed by atoms with van der Waals surface area (Å²) in [5.41, 5.74) is 1.55. The van der Waals surface area contributed by atoms with Gasteiger partial charge in [0.1, 0.15) is 0 Å². The van der Waals surface area contributed by atoms with E-state index in [0.29, 0.717) is 11.3 Å². The van der Waals surface area contributed by atoms with E-state index in [9.17, 15) is 4.79 Å². The van der Waals surface area contributed by atoms with Gasteiger partial charge in [-0.05, 0) is 13.3 Å². The Bertz CT molecular complexity index is 486. The zero-order valence-corrected chi connectivity index (χ0v) is 12.2. The van der Waals surface area contributed by atoms with Crippen LogP contribution in [0.2, 0.25) is 0 Å². The summed E-state index contributed by atoms with van der Waals surface area (Å²) < 4.78 is 7.24. The molecule has 2 aliphatic rings. The highest BCUT2D eigenvalue weighted by Crippen LogP contribution is 2.31. The van der Waals surface area contributed by atoms with Gasteiger partial charge in [0.05, 0.1) is 17.9 Å². The molecule has 2 aliphatic heterocycles. The Labute approximate surface area is 117 Å². The highest BCUT2D eigenvalue weighted by Gasteiger charge is 2.37. The zero-order chi connectivity index (χ0) is 13.4. The highest BCUT2D eigenvalue weighted by molar-refractivity contribution is 8.00. The van der Waals surface area contributed by atoms with Crippen molar-refractivity contribution < 1.29 is 9.53 Å². The molecule has 0 aliphatic carbocycles. The maximum Gasteiger partial charge on any atom is 0.257 e. The van der Waals surface area contributed by atoms with E-state index >= 15 is 0 Å². The van der Waals surface area contributed by atoms with Gasteiger partial charge in [0.15, 0.2) is 0 Å². The molecule has 2 atom stereocenters. The molecule has 6 heteroatoms. The van der Waals surface area contributed by atoms with E-state index in [4.69, 9.17) is 4.74 Å². The van der Waals surface area contributed by atoms with Gasteiger partial charge in [-0.1, -0.05) is 0 Å². The molecule has 5 nitrogen and oxygen atoms in total. The lowest BCUT2D eigenvalue weighted by molar-refractivity contribution is 0.0318. The van der Waals surface area contributed by atoms with Crippen LogP contribution in [0, 0.1) is 6.92 Å². The van der Waals surface area contributed by atoms with Crippen LogP contribution in [0.3, 0.4) is 0 Å². The van der Waals surface area contributed by atoms with E-state index in [1.807, 2.05) is 36.8 Å². The van der Waals surface area contributed by atoms with Gasteiger partial charge in [-0.3, -0.25) is 9.48 Å². The molecule has 0 bridgehead atoms. The van der Waals surface area contributed by atoms with Crippen molar-refractivity contribution >= 4 is 17.7 Å². The number of thioether (sulfide) groups is 1. The van der Waals surface area contributed by atoms with E-state index in [-0.39, 0.29) is 5.91 Å². The van der Waals surface area contributed by atoms with E-state index in [0.717, 1.165) is 43.2 Å². The fraction of sp³-hybridized carbons (Fsp3) is 0.692. The quantitative estimate of drug-likeness (QED) is 0.773. The van der Waals surface area contributed by atoms with Crippen molar-refractivity contribution in [3.8, 4) is 0 Å². The van der Waals surface area contributed by atoms with Crippen molar-refractivity contribution in [1.29, 1.82) is 0 Å². The minimum absolute atomic E-state index is 0.128. The molecule has 3 rings (SSSR count). The maximum absolute atomic E-state index is 12.7. The first-order valence-electron chi connectivity index (χ1n) is 6.67. The smallest absolute Gasteiger partial charge is 0.257 e. The van der Waals surface area contributed by atoms with Crippen molar-refractivity contribution in [2.75, 3.05) is 25.5 Å². The Hall–Kier alpha value is -1.01. The van der Waals surface area contributed by atoms with Gasteiger partial charge >= 0.3 is 0 Å². The molecule has 1 aromatic heterocycles. The van der Waals surface area contributed by atoms with Crippen LogP contribution in [0.4, 0.5) is 0 Å². The van der Waals surface area contributed by atoms with Gasteiger partial charge < -0.3 is 9.64 Å². The SMILES string of the molecule is Cc1nn(C)cc1C(=O)N1CCS[C@H]2COCC[C@H]21. The van der Waals surface area contributed by atoms with Crippen molar-refractivity contribution in [2.24, 2.45) is 7.05 Å². The lowest BCUT2D eigenvalue weighted by Gasteiger charge is -2.43. The first-order chi connectivity index (χ1) is 9.16. The molecule has 0 unspecified atom stereocenters. The Balaban J connectivity index is 1.83. The second-order valence-electron chi connectivity index (χ2n) is 5.14. The predicted molar refractivity (Wildman–Crippen MR) is 74.5 cm³/mol. The molecule has 1 aromatic rings. The van der Waals surface area contributed by atoms with Crippen molar-refractivity contribution in [1.82, 2.24) is 14.7 Å². The lowest BCUT2D eigenvalue weighted by atomic mass is 10.0. The molecular formula is C13H19N3O2S. The lowest BCUT2D eigenvalue weighted by Crippen LogP contribution is -2.54. The number of hydrogen-bond acceptors (Lipinski definition) is 4. The fourth-order valence-corrected chi connectivity index (χ4v) is 4.20. The summed E-state index contributed by atoms with van der Waals surface area (Å²) in [5.74, 6) is 1.12. The topological polar surface area (TPSA) is 47.4 Å². The van der Waals surface area contributed by atoms with Crippen LogP contribution in [-0.2, 0) is 11.8 Å². The molecule has 2 saturated heterocycles. The highest BCUT2D eigenvalue weighted by atomic mass is 32.2. The molecule has 1 amide bonds. The minimum atomic E-state index is 0.128. The number of amides is 1. The van der Waals surface area contributed by atoms with Gasteiger partial charge in [-0.15, -0.1) is 0 Å². The molecule has 0 aromatic carbocycles. The van der Waals surface area contributed by atoms with Crippen molar-refractivity contribution in [2.45, 2.75) is 24.6 Å². The van der Waals surface area contributed by atoms with Gasteiger partial charge in [-0.25, -0.2) is 0 Å². The van der Waals surface area contributed by atoms with E-state index in [2.05, 4.69) is 5.10 Å². The predicted octanol–water partition coefficient (Wildman–Crippen LogP) is 1.08. The average molecular weight is 281 g/mol. The Morgan fingerprint density at radius 3 is 3.16 bits per heavy atom. The Morgan fingerprint density at radius 1 is 1.58 bits per heavy atom. The third-order valence-corrected chi connectivity index (χ3v) is 5.14. The Kier molecular flexibility index (Phi) is 3.54. The summed E-state index contributed by atoms with van der Waals surface area (Å²) in [7, 11) is 1.85. The molecular weight excluding hydrogens is 262 g/mol.